The van der Waals surface area contributed by atoms with E-state index in [4.69, 9.17) is 11.6 Å². The highest BCUT2D eigenvalue weighted by molar-refractivity contribution is 6.33. The zero-order chi connectivity index (χ0) is 14.0. The minimum absolute atomic E-state index is 0.471. The van der Waals surface area contributed by atoms with Gasteiger partial charge in [-0.25, -0.2) is 0 Å². The highest BCUT2D eigenvalue weighted by atomic mass is 35.5. The maximum absolute atomic E-state index is 6.40. The first-order valence-corrected chi connectivity index (χ1v) is 6.87. The molecule has 2 aromatic rings. The first-order valence-electron chi connectivity index (χ1n) is 6.50. The second kappa shape index (κ2) is 5.76. The molecule has 0 atom stereocenters. The third-order valence-corrected chi connectivity index (χ3v) is 3.59. The second-order valence-electron chi connectivity index (χ2n) is 5.12. The van der Waals surface area contributed by atoms with Crippen LogP contribution in [0, 0.1) is 6.92 Å². The quantitative estimate of drug-likeness (QED) is 0.926. The highest BCUT2D eigenvalue weighted by Gasteiger charge is 2.10. The zero-order valence-corrected chi connectivity index (χ0v) is 12.6. The molecule has 1 N–H and O–H groups in total. The van der Waals surface area contributed by atoms with Crippen molar-refractivity contribution < 1.29 is 0 Å². The second-order valence-corrected chi connectivity index (χ2v) is 5.52. The number of hydrogen-bond donors (Lipinski definition) is 1. The number of benzene rings is 1. The van der Waals surface area contributed by atoms with E-state index in [0.717, 1.165) is 28.4 Å². The van der Waals surface area contributed by atoms with Gasteiger partial charge in [0, 0.05) is 41.5 Å². The number of hydrogen-bond acceptors (Lipinski definition) is 2. The van der Waals surface area contributed by atoms with Crippen molar-refractivity contribution in [2.24, 2.45) is 7.05 Å². The lowest BCUT2D eigenvalue weighted by atomic mass is 10.0. The molecule has 3 nitrogen and oxygen atoms in total. The molecule has 0 aliphatic carbocycles. The molecular formula is C15H20ClN3. The third-order valence-electron chi connectivity index (χ3n) is 3.27. The molecule has 0 saturated carbocycles. The molecule has 0 aliphatic rings. The van der Waals surface area contributed by atoms with Gasteiger partial charge in [0.1, 0.15) is 0 Å². The van der Waals surface area contributed by atoms with Crippen LogP contribution in [-0.2, 0) is 13.6 Å². The van der Waals surface area contributed by atoms with E-state index in [-0.39, 0.29) is 0 Å². The van der Waals surface area contributed by atoms with Gasteiger partial charge in [0.2, 0.25) is 0 Å². The summed E-state index contributed by atoms with van der Waals surface area (Å²) in [6.45, 7) is 7.15. The Morgan fingerprint density at radius 3 is 2.58 bits per heavy atom. The van der Waals surface area contributed by atoms with Crippen molar-refractivity contribution in [2.75, 3.05) is 0 Å². The minimum atomic E-state index is 0.471. The number of aromatic nitrogens is 2. The van der Waals surface area contributed by atoms with Crippen molar-refractivity contribution in [2.45, 2.75) is 33.4 Å². The Labute approximate surface area is 119 Å². The van der Waals surface area contributed by atoms with Crippen LogP contribution in [0.25, 0.3) is 11.1 Å². The van der Waals surface area contributed by atoms with Gasteiger partial charge in [0.25, 0.3) is 0 Å². The van der Waals surface area contributed by atoms with Gasteiger partial charge in [-0.1, -0.05) is 37.6 Å². The van der Waals surface area contributed by atoms with E-state index < -0.39 is 0 Å². The SMILES string of the molecule is Cc1c(-c2ccc(CNC(C)C)cc2Cl)cnn1C. The van der Waals surface area contributed by atoms with Crippen molar-refractivity contribution in [3.05, 3.63) is 40.7 Å². The first kappa shape index (κ1) is 14.1. The summed E-state index contributed by atoms with van der Waals surface area (Å²) in [7, 11) is 1.94. The lowest BCUT2D eigenvalue weighted by Gasteiger charge is -2.10. The normalized spacial score (nSPS) is 11.3. The molecule has 102 valence electrons. The molecule has 1 heterocycles. The molecule has 0 radical (unpaired) electrons. The molecule has 0 bridgehead atoms. The van der Waals surface area contributed by atoms with E-state index in [2.05, 4.69) is 36.4 Å². The van der Waals surface area contributed by atoms with Crippen LogP contribution < -0.4 is 5.32 Å². The fourth-order valence-corrected chi connectivity index (χ4v) is 2.28. The minimum Gasteiger partial charge on any atom is -0.310 e. The molecule has 2 rings (SSSR count). The van der Waals surface area contributed by atoms with Crippen molar-refractivity contribution in [3.63, 3.8) is 0 Å². The summed E-state index contributed by atoms with van der Waals surface area (Å²) in [5.41, 5.74) is 4.45. The summed E-state index contributed by atoms with van der Waals surface area (Å²) in [6.07, 6.45) is 1.86. The molecule has 0 amide bonds. The Morgan fingerprint density at radius 2 is 2.05 bits per heavy atom. The standard InChI is InChI=1S/C15H20ClN3/c1-10(2)17-8-12-5-6-13(15(16)7-12)14-9-18-19(4)11(14)3/h5-7,9-10,17H,8H2,1-4H3. The summed E-state index contributed by atoms with van der Waals surface area (Å²) in [5.74, 6) is 0. The molecular weight excluding hydrogens is 258 g/mol. The average Bonchev–Trinajstić information content (AvgIpc) is 2.68. The van der Waals surface area contributed by atoms with Crippen LogP contribution >= 0.6 is 11.6 Å². The van der Waals surface area contributed by atoms with Crippen molar-refractivity contribution in [1.29, 1.82) is 0 Å². The Kier molecular flexibility index (Phi) is 4.27. The summed E-state index contributed by atoms with van der Waals surface area (Å²) in [4.78, 5) is 0. The predicted octanol–water partition coefficient (Wildman–Crippen LogP) is 3.55. The summed E-state index contributed by atoms with van der Waals surface area (Å²) in [6, 6.07) is 6.69. The van der Waals surface area contributed by atoms with Gasteiger partial charge in [-0.2, -0.15) is 5.10 Å². The van der Waals surface area contributed by atoms with Gasteiger partial charge in [-0.3, -0.25) is 4.68 Å². The van der Waals surface area contributed by atoms with Gasteiger partial charge in [-0.05, 0) is 18.6 Å². The summed E-state index contributed by atoms with van der Waals surface area (Å²) in [5, 5.41) is 8.43. The zero-order valence-electron chi connectivity index (χ0n) is 11.9. The number of halogens is 1. The Morgan fingerprint density at radius 1 is 1.32 bits per heavy atom. The molecule has 0 spiro atoms. The molecule has 19 heavy (non-hydrogen) atoms. The van der Waals surface area contributed by atoms with Crippen LogP contribution in [0.4, 0.5) is 0 Å². The van der Waals surface area contributed by atoms with Crippen LogP contribution in [0.15, 0.2) is 24.4 Å². The van der Waals surface area contributed by atoms with Gasteiger partial charge in [0.15, 0.2) is 0 Å². The van der Waals surface area contributed by atoms with Gasteiger partial charge in [-0.15, -0.1) is 0 Å². The van der Waals surface area contributed by atoms with E-state index in [1.807, 2.05) is 30.9 Å². The fourth-order valence-electron chi connectivity index (χ4n) is 1.97. The van der Waals surface area contributed by atoms with Crippen LogP contribution in [0.1, 0.15) is 25.1 Å². The fraction of sp³-hybridized carbons (Fsp3) is 0.400. The van der Waals surface area contributed by atoms with Gasteiger partial charge >= 0.3 is 0 Å². The molecule has 1 aromatic carbocycles. The Hall–Kier alpha value is -1.32. The topological polar surface area (TPSA) is 29.9 Å². The monoisotopic (exact) mass is 277 g/mol. The van der Waals surface area contributed by atoms with E-state index in [1.165, 1.54) is 5.56 Å². The average molecular weight is 278 g/mol. The molecule has 4 heteroatoms. The van der Waals surface area contributed by atoms with E-state index >= 15 is 0 Å². The largest absolute Gasteiger partial charge is 0.310 e. The van der Waals surface area contributed by atoms with Crippen LogP contribution in [0.5, 0.6) is 0 Å². The maximum atomic E-state index is 6.40. The number of nitrogens with one attached hydrogen (secondary N) is 1. The Bertz CT molecular complexity index is 573. The van der Waals surface area contributed by atoms with E-state index in [9.17, 15) is 0 Å². The van der Waals surface area contributed by atoms with E-state index in [0.29, 0.717) is 6.04 Å². The number of aryl methyl sites for hydroxylation is 1. The third kappa shape index (κ3) is 3.17. The lowest BCUT2D eigenvalue weighted by Crippen LogP contribution is -2.21. The number of rotatable bonds is 4. The first-order chi connectivity index (χ1) is 8.99. The summed E-state index contributed by atoms with van der Waals surface area (Å²) >= 11 is 6.40. The predicted molar refractivity (Wildman–Crippen MR) is 80.4 cm³/mol. The molecule has 0 unspecified atom stereocenters. The van der Waals surface area contributed by atoms with Crippen molar-refractivity contribution in [1.82, 2.24) is 15.1 Å². The highest BCUT2D eigenvalue weighted by Crippen LogP contribution is 2.30. The van der Waals surface area contributed by atoms with Crippen LogP contribution in [0.2, 0.25) is 5.02 Å². The van der Waals surface area contributed by atoms with Gasteiger partial charge in [0.05, 0.1) is 6.20 Å². The van der Waals surface area contributed by atoms with Gasteiger partial charge < -0.3 is 5.32 Å². The Balaban J connectivity index is 2.27. The molecule has 0 aliphatic heterocycles. The lowest BCUT2D eigenvalue weighted by molar-refractivity contribution is 0.589. The summed E-state index contributed by atoms with van der Waals surface area (Å²) < 4.78 is 1.86. The number of nitrogens with zero attached hydrogens (tertiary/aromatic N) is 2. The molecule has 0 fully saturated rings. The van der Waals surface area contributed by atoms with Crippen LogP contribution in [0.3, 0.4) is 0 Å². The van der Waals surface area contributed by atoms with E-state index in [1.54, 1.807) is 0 Å². The molecule has 1 aromatic heterocycles. The van der Waals surface area contributed by atoms with Crippen molar-refractivity contribution in [3.8, 4) is 11.1 Å². The maximum Gasteiger partial charge on any atom is 0.0571 e. The van der Waals surface area contributed by atoms with Crippen molar-refractivity contribution >= 4 is 11.6 Å². The smallest absolute Gasteiger partial charge is 0.0571 e. The van der Waals surface area contributed by atoms with Crippen LogP contribution in [-0.4, -0.2) is 15.8 Å². The molecule has 0 saturated heterocycles.